The molecule has 162 valence electrons. The molecule has 2 aliphatic rings. The van der Waals surface area contributed by atoms with Crippen molar-refractivity contribution in [1.29, 1.82) is 0 Å². The summed E-state index contributed by atoms with van der Waals surface area (Å²) in [6.45, 7) is 3.44. The molecule has 6 rings (SSSR count). The molecule has 1 fully saturated rings. The predicted molar refractivity (Wildman–Crippen MR) is 120 cm³/mol. The van der Waals surface area contributed by atoms with E-state index in [0.29, 0.717) is 16.9 Å². The fourth-order valence-corrected chi connectivity index (χ4v) is 5.11. The number of hydrogen-bond donors (Lipinski definition) is 1. The molecule has 6 nitrogen and oxygen atoms in total. The number of phenols is 1. The van der Waals surface area contributed by atoms with Crippen LogP contribution in [0.5, 0.6) is 11.5 Å². The molecule has 2 aromatic heterocycles. The largest absolute Gasteiger partial charge is 0.507 e. The number of ether oxygens (including phenoxy) is 1. The van der Waals surface area contributed by atoms with Crippen molar-refractivity contribution in [1.82, 2.24) is 14.4 Å². The highest BCUT2D eigenvalue weighted by atomic mass is 19.1. The molecule has 0 saturated carbocycles. The zero-order valence-corrected chi connectivity index (χ0v) is 17.8. The summed E-state index contributed by atoms with van der Waals surface area (Å²) in [7, 11) is 0. The van der Waals surface area contributed by atoms with Gasteiger partial charge in [0.15, 0.2) is 0 Å². The van der Waals surface area contributed by atoms with Gasteiger partial charge in [0, 0.05) is 44.7 Å². The Morgan fingerprint density at radius 3 is 2.66 bits per heavy atom. The number of anilines is 1. The van der Waals surface area contributed by atoms with Gasteiger partial charge in [0.2, 0.25) is 5.95 Å². The molecule has 0 bridgehead atoms. The Bertz CT molecular complexity index is 1290. The molecule has 1 N–H and O–H groups in total. The normalized spacial score (nSPS) is 17.0. The van der Waals surface area contributed by atoms with Gasteiger partial charge in [0.05, 0.1) is 16.8 Å². The molecule has 0 amide bonds. The third-order valence-electron chi connectivity index (χ3n) is 6.72. The summed E-state index contributed by atoms with van der Waals surface area (Å²) < 4.78 is 22.9. The number of benzene rings is 2. The molecule has 2 aliphatic heterocycles. The van der Waals surface area contributed by atoms with E-state index in [0.717, 1.165) is 44.0 Å². The first-order chi connectivity index (χ1) is 15.5. The van der Waals surface area contributed by atoms with Crippen molar-refractivity contribution in [2.45, 2.75) is 31.8 Å². The van der Waals surface area contributed by atoms with E-state index in [1.165, 1.54) is 23.8 Å². The lowest BCUT2D eigenvalue weighted by atomic mass is 9.87. The highest BCUT2D eigenvalue weighted by Crippen LogP contribution is 2.42. The number of imidazole rings is 1. The smallest absolute Gasteiger partial charge is 0.211 e. The van der Waals surface area contributed by atoms with Gasteiger partial charge in [-0.2, -0.15) is 0 Å². The topological polar surface area (TPSA) is 62.9 Å². The summed E-state index contributed by atoms with van der Waals surface area (Å²) in [5.41, 5.74) is 2.98. The Morgan fingerprint density at radius 1 is 1.06 bits per heavy atom. The lowest BCUT2D eigenvalue weighted by Crippen LogP contribution is -2.48. The average molecular weight is 430 g/mol. The van der Waals surface area contributed by atoms with Crippen LogP contribution < -0.4 is 9.64 Å². The number of aromatic hydroxyl groups is 1. The fourth-order valence-electron chi connectivity index (χ4n) is 5.11. The van der Waals surface area contributed by atoms with Crippen molar-refractivity contribution < 1.29 is 14.2 Å². The molecule has 1 spiro atoms. The Balaban J connectivity index is 1.34. The van der Waals surface area contributed by atoms with E-state index >= 15 is 0 Å². The van der Waals surface area contributed by atoms with Gasteiger partial charge in [-0.15, -0.1) is 0 Å². The maximum absolute atomic E-state index is 14.6. The van der Waals surface area contributed by atoms with E-state index in [9.17, 15) is 9.50 Å². The number of phenolic OH excluding ortho intramolecular Hbond substituents is 1. The first-order valence-corrected chi connectivity index (χ1v) is 10.9. The molecule has 7 heteroatoms. The van der Waals surface area contributed by atoms with Crippen molar-refractivity contribution >= 4 is 11.6 Å². The van der Waals surface area contributed by atoms with Gasteiger partial charge in [-0.1, -0.05) is 24.3 Å². The van der Waals surface area contributed by atoms with E-state index in [-0.39, 0.29) is 16.9 Å². The van der Waals surface area contributed by atoms with Crippen LogP contribution in [0, 0.1) is 12.7 Å². The van der Waals surface area contributed by atoms with Crippen LogP contribution in [0.4, 0.5) is 10.3 Å². The first-order valence-electron chi connectivity index (χ1n) is 10.9. The molecule has 1 saturated heterocycles. The van der Waals surface area contributed by atoms with Gasteiger partial charge in [-0.05, 0) is 30.7 Å². The fraction of sp³-hybridized carbons (Fsp3) is 0.280. The monoisotopic (exact) mass is 430 g/mol. The van der Waals surface area contributed by atoms with Crippen molar-refractivity contribution in [2.75, 3.05) is 18.0 Å². The lowest BCUT2D eigenvalue weighted by Gasteiger charge is -2.39. The average Bonchev–Trinajstić information content (AvgIpc) is 3.40. The van der Waals surface area contributed by atoms with Gasteiger partial charge in [0.25, 0.3) is 0 Å². The van der Waals surface area contributed by atoms with Gasteiger partial charge >= 0.3 is 0 Å². The molecular weight excluding hydrogens is 407 g/mol. The van der Waals surface area contributed by atoms with Crippen LogP contribution in [0.3, 0.4) is 0 Å². The van der Waals surface area contributed by atoms with Gasteiger partial charge in [0.1, 0.15) is 28.6 Å². The van der Waals surface area contributed by atoms with Crippen molar-refractivity contribution in [2.24, 2.45) is 0 Å². The number of para-hydroxylation sites is 1. The summed E-state index contributed by atoms with van der Waals surface area (Å²) in [6, 6.07) is 12.6. The third-order valence-corrected chi connectivity index (χ3v) is 6.72. The Labute approximate surface area is 184 Å². The zero-order chi connectivity index (χ0) is 21.9. The molecule has 0 atom stereocenters. The van der Waals surface area contributed by atoms with Crippen molar-refractivity contribution in [3.05, 3.63) is 71.9 Å². The molecule has 2 aromatic carbocycles. The third kappa shape index (κ3) is 2.84. The van der Waals surface area contributed by atoms with Crippen molar-refractivity contribution in [3.63, 3.8) is 0 Å². The Morgan fingerprint density at radius 2 is 1.88 bits per heavy atom. The van der Waals surface area contributed by atoms with Gasteiger partial charge < -0.3 is 14.7 Å². The molecule has 32 heavy (non-hydrogen) atoms. The molecule has 0 radical (unpaired) electrons. The summed E-state index contributed by atoms with van der Waals surface area (Å²) >= 11 is 0. The second kappa shape index (κ2) is 6.95. The Hall–Kier alpha value is -3.61. The van der Waals surface area contributed by atoms with E-state index in [1.54, 1.807) is 6.20 Å². The van der Waals surface area contributed by atoms with Gasteiger partial charge in [-0.3, -0.25) is 4.40 Å². The SMILES string of the molecule is Cc1nc(N2CCC3(CC2)Cc2ccccc2O3)n2ccnc2c1-c1c(O)cccc1F. The quantitative estimate of drug-likeness (QED) is 0.507. The van der Waals surface area contributed by atoms with Crippen LogP contribution in [0.2, 0.25) is 0 Å². The molecule has 0 unspecified atom stereocenters. The van der Waals surface area contributed by atoms with E-state index in [1.807, 2.05) is 29.7 Å². The van der Waals surface area contributed by atoms with Crippen LogP contribution in [-0.2, 0) is 6.42 Å². The molecule has 4 aromatic rings. The van der Waals surface area contributed by atoms with Crippen LogP contribution in [-0.4, -0.2) is 38.2 Å². The van der Waals surface area contributed by atoms with Crippen LogP contribution in [0.25, 0.3) is 16.8 Å². The maximum atomic E-state index is 14.6. The molecular formula is C25H23FN4O2. The van der Waals surface area contributed by atoms with Gasteiger partial charge in [-0.25, -0.2) is 14.4 Å². The maximum Gasteiger partial charge on any atom is 0.211 e. The van der Waals surface area contributed by atoms with E-state index in [2.05, 4.69) is 22.0 Å². The minimum Gasteiger partial charge on any atom is -0.507 e. The highest BCUT2D eigenvalue weighted by molar-refractivity contribution is 5.84. The number of aryl methyl sites for hydroxylation is 1. The number of rotatable bonds is 2. The summed E-state index contributed by atoms with van der Waals surface area (Å²) in [6.07, 6.45) is 6.26. The lowest BCUT2D eigenvalue weighted by molar-refractivity contribution is 0.0664. The van der Waals surface area contributed by atoms with E-state index in [4.69, 9.17) is 9.72 Å². The number of fused-ring (bicyclic) bond motifs is 2. The standard InChI is InChI=1S/C25H23FN4O2/c1-16-21(22-18(26)6-4-7-19(22)31)23-27-11-14-30(23)24(28-16)29-12-9-25(10-13-29)15-17-5-2-3-8-20(17)32-25/h2-8,11,14,31H,9-10,12-13,15H2,1H3. The van der Waals surface area contributed by atoms with Crippen molar-refractivity contribution in [3.8, 4) is 22.6 Å². The summed E-state index contributed by atoms with van der Waals surface area (Å²) in [5, 5.41) is 10.3. The second-order valence-corrected chi connectivity index (χ2v) is 8.68. The number of piperidine rings is 1. The number of nitrogens with zero attached hydrogens (tertiary/aromatic N) is 4. The summed E-state index contributed by atoms with van der Waals surface area (Å²) in [4.78, 5) is 11.6. The number of aromatic nitrogens is 3. The van der Waals surface area contributed by atoms with Crippen LogP contribution in [0.15, 0.2) is 54.9 Å². The minimum absolute atomic E-state index is 0.120. The number of hydrogen-bond acceptors (Lipinski definition) is 5. The van der Waals surface area contributed by atoms with Crippen LogP contribution in [0.1, 0.15) is 24.1 Å². The van der Waals surface area contributed by atoms with Crippen LogP contribution >= 0.6 is 0 Å². The minimum atomic E-state index is -0.495. The number of halogens is 1. The first kappa shape index (κ1) is 19.1. The predicted octanol–water partition coefficient (Wildman–Crippen LogP) is 4.52. The Kier molecular flexibility index (Phi) is 4.15. The molecule has 0 aliphatic carbocycles. The van der Waals surface area contributed by atoms with E-state index < -0.39 is 5.82 Å². The second-order valence-electron chi connectivity index (χ2n) is 8.68. The molecule has 4 heterocycles. The highest BCUT2D eigenvalue weighted by Gasteiger charge is 2.42. The zero-order valence-electron chi connectivity index (χ0n) is 17.8. The summed E-state index contributed by atoms with van der Waals surface area (Å²) in [5.74, 6) is 1.16.